The molecule has 0 spiro atoms. The molecule has 0 N–H and O–H groups in total. The second kappa shape index (κ2) is 2.83. The van der Waals surface area contributed by atoms with Gasteiger partial charge in [-0.25, -0.2) is 0 Å². The summed E-state index contributed by atoms with van der Waals surface area (Å²) in [6.45, 7) is 4.87. The summed E-state index contributed by atoms with van der Waals surface area (Å²) in [4.78, 5) is 2.66. The van der Waals surface area contributed by atoms with Gasteiger partial charge >= 0.3 is 0 Å². The second-order valence-corrected chi connectivity index (χ2v) is 4.95. The predicted octanol–water partition coefficient (Wildman–Crippen LogP) is 2.67. The fourth-order valence-electron chi connectivity index (χ4n) is 2.87. The van der Waals surface area contributed by atoms with E-state index in [-0.39, 0.29) is 0 Å². The molecule has 1 nitrogen and oxygen atoms in total. The van der Waals surface area contributed by atoms with Crippen LogP contribution in [0.2, 0.25) is 0 Å². The average molecular weight is 187 g/mol. The zero-order valence-corrected chi connectivity index (χ0v) is 8.74. The first-order valence-corrected chi connectivity index (χ1v) is 5.58. The number of fused-ring (bicyclic) bond motifs is 1. The van der Waals surface area contributed by atoms with Gasteiger partial charge in [-0.1, -0.05) is 30.3 Å². The summed E-state index contributed by atoms with van der Waals surface area (Å²) < 4.78 is 0. The van der Waals surface area contributed by atoms with Gasteiger partial charge < -0.3 is 0 Å². The van der Waals surface area contributed by atoms with Crippen molar-refractivity contribution in [3.05, 3.63) is 35.9 Å². The third-order valence-corrected chi connectivity index (χ3v) is 4.07. The lowest BCUT2D eigenvalue weighted by atomic mass is 10.2. The van der Waals surface area contributed by atoms with E-state index in [1.54, 1.807) is 0 Å². The summed E-state index contributed by atoms with van der Waals surface area (Å²) in [5.41, 5.74) is 2.02. The lowest BCUT2D eigenvalue weighted by Gasteiger charge is -2.24. The highest BCUT2D eigenvalue weighted by Crippen LogP contribution is 2.55. The Morgan fingerprint density at radius 3 is 2.71 bits per heavy atom. The van der Waals surface area contributed by atoms with E-state index in [1.807, 2.05) is 0 Å². The molecule has 74 valence electrons. The molecule has 2 fully saturated rings. The van der Waals surface area contributed by atoms with Gasteiger partial charge in [-0.2, -0.15) is 0 Å². The van der Waals surface area contributed by atoms with Gasteiger partial charge in [0.1, 0.15) is 0 Å². The first kappa shape index (κ1) is 8.49. The lowest BCUT2D eigenvalue weighted by Crippen LogP contribution is -2.31. The van der Waals surface area contributed by atoms with Gasteiger partial charge in [0.05, 0.1) is 0 Å². The average Bonchev–Trinajstić information content (AvgIpc) is 2.79. The number of rotatable bonds is 2. The number of piperidine rings is 1. The molecule has 0 unspecified atom stereocenters. The van der Waals surface area contributed by atoms with Gasteiger partial charge in [0.2, 0.25) is 0 Å². The molecule has 1 aromatic rings. The van der Waals surface area contributed by atoms with E-state index in [0.29, 0.717) is 5.54 Å². The molecular weight excluding hydrogens is 170 g/mol. The molecule has 14 heavy (non-hydrogen) atoms. The Kier molecular flexibility index (Phi) is 1.72. The molecule has 1 saturated carbocycles. The number of hydrogen-bond acceptors (Lipinski definition) is 1. The monoisotopic (exact) mass is 187 g/mol. The molecule has 1 saturated heterocycles. The van der Waals surface area contributed by atoms with Gasteiger partial charge in [-0.3, -0.25) is 4.90 Å². The molecule has 1 heterocycles. The highest BCUT2D eigenvalue weighted by molar-refractivity contribution is 5.19. The van der Waals surface area contributed by atoms with Crippen LogP contribution in [0.3, 0.4) is 0 Å². The lowest BCUT2D eigenvalue weighted by molar-refractivity contribution is 0.217. The number of likely N-dealkylation sites (tertiary alicyclic amines) is 1. The highest BCUT2D eigenvalue weighted by Gasteiger charge is 2.57. The summed E-state index contributed by atoms with van der Waals surface area (Å²) in [5, 5.41) is 0. The molecule has 3 rings (SSSR count). The number of nitrogens with zero attached hydrogens (tertiary/aromatic N) is 1. The number of hydrogen-bond donors (Lipinski definition) is 0. The minimum Gasteiger partial charge on any atom is -0.293 e. The molecular formula is C13H17N. The van der Waals surface area contributed by atoms with Gasteiger partial charge in [0.15, 0.2) is 0 Å². The zero-order chi connectivity index (χ0) is 9.60. The smallest absolute Gasteiger partial charge is 0.0239 e. The van der Waals surface area contributed by atoms with Crippen molar-refractivity contribution in [2.24, 2.45) is 5.92 Å². The van der Waals surface area contributed by atoms with Crippen molar-refractivity contribution in [1.82, 2.24) is 4.90 Å². The van der Waals surface area contributed by atoms with Crippen LogP contribution in [0.15, 0.2) is 30.3 Å². The Balaban J connectivity index is 1.74. The fraction of sp³-hybridized carbons (Fsp3) is 0.538. The maximum absolute atomic E-state index is 2.66. The van der Waals surface area contributed by atoms with Gasteiger partial charge in [0, 0.05) is 12.1 Å². The zero-order valence-electron chi connectivity index (χ0n) is 8.74. The molecule has 2 atom stereocenters. The molecule has 0 aromatic heterocycles. The maximum Gasteiger partial charge on any atom is 0.0239 e. The van der Waals surface area contributed by atoms with Crippen LogP contribution in [0, 0.1) is 5.92 Å². The Morgan fingerprint density at radius 1 is 1.36 bits per heavy atom. The van der Waals surface area contributed by atoms with Gasteiger partial charge in [-0.15, -0.1) is 0 Å². The third-order valence-electron chi connectivity index (χ3n) is 4.07. The largest absolute Gasteiger partial charge is 0.293 e. The number of benzene rings is 1. The van der Waals surface area contributed by atoms with Crippen LogP contribution in [0.5, 0.6) is 0 Å². The molecule has 2 aliphatic rings. The minimum atomic E-state index is 0.565. The van der Waals surface area contributed by atoms with Crippen molar-refractivity contribution in [2.75, 3.05) is 6.54 Å². The first-order chi connectivity index (χ1) is 6.79. The van der Waals surface area contributed by atoms with E-state index in [1.165, 1.54) is 24.9 Å². The Bertz CT molecular complexity index is 330. The third kappa shape index (κ3) is 1.19. The Labute approximate surface area is 85.7 Å². The summed E-state index contributed by atoms with van der Waals surface area (Å²) in [5.74, 6) is 1.01. The normalized spacial score (nSPS) is 35.6. The Hall–Kier alpha value is -0.820. The van der Waals surface area contributed by atoms with E-state index >= 15 is 0 Å². The van der Waals surface area contributed by atoms with Crippen LogP contribution < -0.4 is 0 Å². The second-order valence-electron chi connectivity index (χ2n) is 4.95. The van der Waals surface area contributed by atoms with Crippen LogP contribution >= 0.6 is 0 Å². The van der Waals surface area contributed by atoms with E-state index in [9.17, 15) is 0 Å². The van der Waals surface area contributed by atoms with E-state index in [4.69, 9.17) is 0 Å². The molecule has 0 amide bonds. The van der Waals surface area contributed by atoms with Gasteiger partial charge in [-0.05, 0) is 37.8 Å². The topological polar surface area (TPSA) is 3.24 Å². The van der Waals surface area contributed by atoms with Crippen molar-refractivity contribution in [1.29, 1.82) is 0 Å². The molecule has 1 aliphatic heterocycles. The van der Waals surface area contributed by atoms with Crippen LogP contribution in [0.4, 0.5) is 0 Å². The van der Waals surface area contributed by atoms with E-state index in [0.717, 1.165) is 12.5 Å². The molecule has 0 radical (unpaired) electrons. The highest BCUT2D eigenvalue weighted by atomic mass is 15.3. The Morgan fingerprint density at radius 2 is 2.14 bits per heavy atom. The van der Waals surface area contributed by atoms with Crippen molar-refractivity contribution in [2.45, 2.75) is 31.8 Å². The van der Waals surface area contributed by atoms with Crippen LogP contribution in [-0.4, -0.2) is 17.0 Å². The maximum atomic E-state index is 2.66. The fourth-order valence-corrected chi connectivity index (χ4v) is 2.87. The SMILES string of the molecule is C[C@@]12C[C@@H]1CCN2Cc1ccccc1. The van der Waals surface area contributed by atoms with Gasteiger partial charge in [0.25, 0.3) is 0 Å². The summed E-state index contributed by atoms with van der Waals surface area (Å²) >= 11 is 0. The van der Waals surface area contributed by atoms with E-state index in [2.05, 4.69) is 42.2 Å². The van der Waals surface area contributed by atoms with E-state index < -0.39 is 0 Å². The molecule has 0 bridgehead atoms. The summed E-state index contributed by atoms with van der Waals surface area (Å²) in [6.07, 6.45) is 2.85. The molecule has 1 aliphatic carbocycles. The quantitative estimate of drug-likeness (QED) is 0.688. The van der Waals surface area contributed by atoms with Crippen LogP contribution in [0.1, 0.15) is 25.3 Å². The molecule has 1 aromatic carbocycles. The van der Waals surface area contributed by atoms with Crippen molar-refractivity contribution < 1.29 is 0 Å². The van der Waals surface area contributed by atoms with Crippen molar-refractivity contribution in [3.8, 4) is 0 Å². The van der Waals surface area contributed by atoms with Crippen LogP contribution in [-0.2, 0) is 6.54 Å². The molecule has 1 heteroatoms. The van der Waals surface area contributed by atoms with Crippen LogP contribution in [0.25, 0.3) is 0 Å². The minimum absolute atomic E-state index is 0.565. The predicted molar refractivity (Wildman–Crippen MR) is 58.0 cm³/mol. The standard InChI is InChI=1S/C13H17N/c1-13-9-12(13)7-8-14(13)10-11-5-3-2-4-6-11/h2-6,12H,7-10H2,1H3/t12-,13+/m0/s1. The van der Waals surface area contributed by atoms with Crippen molar-refractivity contribution in [3.63, 3.8) is 0 Å². The summed E-state index contributed by atoms with van der Waals surface area (Å²) in [6, 6.07) is 10.8. The summed E-state index contributed by atoms with van der Waals surface area (Å²) in [7, 11) is 0. The van der Waals surface area contributed by atoms with Crippen molar-refractivity contribution >= 4 is 0 Å². The first-order valence-electron chi connectivity index (χ1n) is 5.58.